The van der Waals surface area contributed by atoms with Crippen LogP contribution in [0, 0.1) is 5.82 Å². The highest BCUT2D eigenvalue weighted by Gasteiger charge is 1.96. The van der Waals surface area contributed by atoms with Gasteiger partial charge in [0.05, 0.1) is 11.9 Å². The van der Waals surface area contributed by atoms with Crippen LogP contribution in [0.2, 0.25) is 0 Å². The van der Waals surface area contributed by atoms with Gasteiger partial charge in [-0.2, -0.15) is 5.10 Å². The summed E-state index contributed by atoms with van der Waals surface area (Å²) in [5.41, 5.74) is 6.07. The van der Waals surface area contributed by atoms with E-state index in [1.54, 1.807) is 12.1 Å². The van der Waals surface area contributed by atoms with Crippen molar-refractivity contribution in [1.82, 2.24) is 0 Å². The molecule has 120 valence electrons. The van der Waals surface area contributed by atoms with Crippen molar-refractivity contribution in [3.05, 3.63) is 71.6 Å². The van der Waals surface area contributed by atoms with Gasteiger partial charge in [-0.25, -0.2) is 4.39 Å². The fourth-order valence-electron chi connectivity index (χ4n) is 2.23. The lowest BCUT2D eigenvalue weighted by Crippen LogP contribution is -1.93. The van der Waals surface area contributed by atoms with Gasteiger partial charge in [-0.3, -0.25) is 5.43 Å². The summed E-state index contributed by atoms with van der Waals surface area (Å²) in [4.78, 5) is 0. The predicted octanol–water partition coefficient (Wildman–Crippen LogP) is 5.89. The van der Waals surface area contributed by atoms with Crippen LogP contribution >= 0.6 is 0 Å². The highest BCUT2D eigenvalue weighted by Crippen LogP contribution is 2.13. The van der Waals surface area contributed by atoms with Crippen molar-refractivity contribution in [2.75, 3.05) is 5.43 Å². The van der Waals surface area contributed by atoms with Crippen LogP contribution < -0.4 is 5.43 Å². The monoisotopic (exact) mass is 310 g/mol. The Morgan fingerprint density at radius 3 is 2.48 bits per heavy atom. The molecule has 23 heavy (non-hydrogen) atoms. The van der Waals surface area contributed by atoms with E-state index >= 15 is 0 Å². The molecule has 0 amide bonds. The minimum Gasteiger partial charge on any atom is -0.279 e. The van der Waals surface area contributed by atoms with Crippen molar-refractivity contribution in [3.63, 3.8) is 0 Å². The maximum Gasteiger partial charge on any atom is 0.123 e. The molecule has 0 saturated heterocycles. The molecule has 0 aliphatic rings. The maximum atomic E-state index is 12.9. The summed E-state index contributed by atoms with van der Waals surface area (Å²) in [7, 11) is 0. The van der Waals surface area contributed by atoms with Crippen molar-refractivity contribution in [1.29, 1.82) is 0 Å². The Balaban J connectivity index is 2.02. The van der Waals surface area contributed by atoms with E-state index in [1.165, 1.54) is 36.1 Å². The Labute approximate surface area is 137 Å². The summed E-state index contributed by atoms with van der Waals surface area (Å²) in [6, 6.07) is 16.4. The molecule has 2 nitrogen and oxygen atoms in total. The van der Waals surface area contributed by atoms with E-state index in [0.717, 1.165) is 18.5 Å². The molecule has 2 aromatic rings. The summed E-state index contributed by atoms with van der Waals surface area (Å²) in [6.07, 6.45) is 8.57. The molecule has 0 atom stereocenters. The van der Waals surface area contributed by atoms with Gasteiger partial charge in [0.15, 0.2) is 0 Å². The van der Waals surface area contributed by atoms with E-state index in [-0.39, 0.29) is 5.82 Å². The maximum absolute atomic E-state index is 12.9. The Morgan fingerprint density at radius 1 is 1.04 bits per heavy atom. The zero-order valence-electron chi connectivity index (χ0n) is 13.5. The third-order valence-corrected chi connectivity index (χ3v) is 3.49. The van der Waals surface area contributed by atoms with Crippen LogP contribution in [0.25, 0.3) is 6.08 Å². The highest BCUT2D eigenvalue weighted by molar-refractivity contribution is 5.85. The van der Waals surface area contributed by atoms with Gasteiger partial charge >= 0.3 is 0 Å². The average Bonchev–Trinajstić information content (AvgIpc) is 2.57. The second kappa shape index (κ2) is 9.57. The van der Waals surface area contributed by atoms with Crippen LogP contribution in [0.1, 0.15) is 38.2 Å². The van der Waals surface area contributed by atoms with E-state index in [0.29, 0.717) is 0 Å². The molecule has 0 aliphatic heterocycles. The number of halogens is 1. The lowest BCUT2D eigenvalue weighted by molar-refractivity contribution is 0.628. The standard InChI is InChI=1S/C20H23FN2/c1-2-3-5-10-18(15-17-8-6-4-7-9-17)16-22-23-20-13-11-19(21)12-14-20/h4,6-9,11-16,23H,2-3,5,10H2,1H3/b18-15+,22-16-. The molecule has 0 unspecified atom stereocenters. The van der Waals surface area contributed by atoms with Gasteiger partial charge in [0.2, 0.25) is 0 Å². The zero-order chi connectivity index (χ0) is 16.3. The quantitative estimate of drug-likeness (QED) is 0.367. The minimum absolute atomic E-state index is 0.247. The number of allylic oxidation sites excluding steroid dienone is 1. The molecule has 0 fully saturated rings. The average molecular weight is 310 g/mol. The normalized spacial score (nSPS) is 11.8. The van der Waals surface area contributed by atoms with Crippen molar-refractivity contribution in [2.45, 2.75) is 32.6 Å². The molecule has 0 spiro atoms. The number of hydrogen-bond acceptors (Lipinski definition) is 2. The van der Waals surface area contributed by atoms with Crippen LogP contribution in [0.3, 0.4) is 0 Å². The molecule has 2 rings (SSSR count). The van der Waals surface area contributed by atoms with Crippen molar-refractivity contribution in [2.24, 2.45) is 5.10 Å². The van der Waals surface area contributed by atoms with Crippen LogP contribution in [0.15, 0.2) is 65.3 Å². The van der Waals surface area contributed by atoms with E-state index in [1.807, 2.05) is 24.4 Å². The predicted molar refractivity (Wildman–Crippen MR) is 97.1 cm³/mol. The summed E-state index contributed by atoms with van der Waals surface area (Å²) in [6.45, 7) is 2.20. The van der Waals surface area contributed by atoms with E-state index in [4.69, 9.17) is 0 Å². The largest absolute Gasteiger partial charge is 0.279 e. The molecule has 0 heterocycles. The number of hydrazone groups is 1. The van der Waals surface area contributed by atoms with Crippen LogP contribution in [-0.4, -0.2) is 6.21 Å². The summed E-state index contributed by atoms with van der Waals surface area (Å²) < 4.78 is 12.9. The smallest absolute Gasteiger partial charge is 0.123 e. The van der Waals surface area contributed by atoms with Crippen LogP contribution in [0.4, 0.5) is 10.1 Å². The Morgan fingerprint density at radius 2 is 1.78 bits per heavy atom. The first-order chi connectivity index (χ1) is 11.3. The zero-order valence-corrected chi connectivity index (χ0v) is 13.5. The third-order valence-electron chi connectivity index (χ3n) is 3.49. The number of nitrogens with one attached hydrogen (secondary N) is 1. The lowest BCUT2D eigenvalue weighted by Gasteiger charge is -2.04. The fourth-order valence-corrected chi connectivity index (χ4v) is 2.23. The van der Waals surface area contributed by atoms with Gasteiger partial charge in [-0.15, -0.1) is 0 Å². The number of unbranched alkanes of at least 4 members (excludes halogenated alkanes) is 2. The Hall–Kier alpha value is -2.42. The molecule has 0 bridgehead atoms. The van der Waals surface area contributed by atoms with Crippen molar-refractivity contribution >= 4 is 18.0 Å². The SMILES string of the molecule is CCCCCC(/C=N\Nc1ccc(F)cc1)=C\c1ccccc1. The summed E-state index contributed by atoms with van der Waals surface area (Å²) in [5, 5.41) is 4.28. The molecule has 0 radical (unpaired) electrons. The summed E-state index contributed by atoms with van der Waals surface area (Å²) in [5.74, 6) is -0.247. The molecule has 2 aromatic carbocycles. The molecule has 3 heteroatoms. The highest BCUT2D eigenvalue weighted by atomic mass is 19.1. The summed E-state index contributed by atoms with van der Waals surface area (Å²) >= 11 is 0. The second-order valence-electron chi connectivity index (χ2n) is 5.46. The van der Waals surface area contributed by atoms with Gasteiger partial charge in [0.25, 0.3) is 0 Å². The minimum atomic E-state index is -0.247. The first-order valence-electron chi connectivity index (χ1n) is 8.08. The molecular formula is C20H23FN2. The van der Waals surface area contributed by atoms with E-state index in [9.17, 15) is 4.39 Å². The number of nitrogens with zero attached hydrogens (tertiary/aromatic N) is 1. The molecule has 1 N–H and O–H groups in total. The van der Waals surface area contributed by atoms with Crippen molar-refractivity contribution in [3.8, 4) is 0 Å². The molecular weight excluding hydrogens is 287 g/mol. The molecule has 0 aromatic heterocycles. The lowest BCUT2D eigenvalue weighted by atomic mass is 10.1. The topological polar surface area (TPSA) is 24.4 Å². The van der Waals surface area contributed by atoms with Crippen LogP contribution in [-0.2, 0) is 0 Å². The second-order valence-corrected chi connectivity index (χ2v) is 5.46. The van der Waals surface area contributed by atoms with E-state index in [2.05, 4.69) is 35.7 Å². The number of hydrogen-bond donors (Lipinski definition) is 1. The van der Waals surface area contributed by atoms with Gasteiger partial charge < -0.3 is 0 Å². The number of benzene rings is 2. The van der Waals surface area contributed by atoms with Crippen molar-refractivity contribution < 1.29 is 4.39 Å². The van der Waals surface area contributed by atoms with Gasteiger partial charge in [0, 0.05) is 0 Å². The Kier molecular flexibility index (Phi) is 7.05. The van der Waals surface area contributed by atoms with Gasteiger partial charge in [0.1, 0.15) is 5.82 Å². The first-order valence-corrected chi connectivity index (χ1v) is 8.08. The van der Waals surface area contributed by atoms with Gasteiger partial charge in [-0.05, 0) is 48.2 Å². The van der Waals surface area contributed by atoms with E-state index < -0.39 is 0 Å². The third kappa shape index (κ3) is 6.47. The molecule has 0 aliphatic carbocycles. The van der Waals surface area contributed by atoms with Gasteiger partial charge in [-0.1, -0.05) is 56.2 Å². The number of rotatable bonds is 8. The number of anilines is 1. The fraction of sp³-hybridized carbons (Fsp3) is 0.250. The first kappa shape index (κ1) is 16.9. The van der Waals surface area contributed by atoms with Crippen LogP contribution in [0.5, 0.6) is 0 Å². The Bertz CT molecular complexity index is 630. The molecule has 0 saturated carbocycles.